The summed E-state index contributed by atoms with van der Waals surface area (Å²) in [5.74, 6) is 0. The lowest BCUT2D eigenvalue weighted by Gasteiger charge is -2.00. The van der Waals surface area contributed by atoms with Crippen molar-refractivity contribution in [3.05, 3.63) is 58.7 Å². The highest BCUT2D eigenvalue weighted by molar-refractivity contribution is 5.56. The Kier molecular flexibility index (Phi) is 16.0. The van der Waals surface area contributed by atoms with E-state index in [0.29, 0.717) is 12.8 Å². The first-order chi connectivity index (χ1) is 11.7. The lowest BCUT2D eigenvalue weighted by atomic mass is 10.1. The number of hydrogen-bond acceptors (Lipinski definition) is 3. The van der Waals surface area contributed by atoms with Crippen LogP contribution >= 0.6 is 0 Å². The summed E-state index contributed by atoms with van der Waals surface area (Å²) in [5, 5.41) is 10.4. The van der Waals surface area contributed by atoms with Crippen LogP contribution in [0.5, 0.6) is 0 Å². The van der Waals surface area contributed by atoms with Crippen molar-refractivity contribution in [1.82, 2.24) is 0 Å². The first-order valence-corrected chi connectivity index (χ1v) is 8.83. The van der Waals surface area contributed by atoms with Gasteiger partial charge in [0.1, 0.15) is 0 Å². The maximum atomic E-state index is 10.4. The monoisotopic (exact) mass is 332 g/mol. The van der Waals surface area contributed by atoms with Crippen LogP contribution in [0.25, 0.3) is 0 Å². The number of unbranched alkanes of at least 4 members (excludes halogenated alkanes) is 3. The average molecular weight is 332 g/mol. The molecule has 24 heavy (non-hydrogen) atoms. The summed E-state index contributed by atoms with van der Waals surface area (Å²) in [7, 11) is 0. The number of hydrogen-bond donors (Lipinski definition) is 0. The van der Waals surface area contributed by atoms with Crippen molar-refractivity contribution >= 4 is 6.29 Å². The Morgan fingerprint density at radius 1 is 0.875 bits per heavy atom. The van der Waals surface area contributed by atoms with E-state index in [1.54, 1.807) is 0 Å². The van der Waals surface area contributed by atoms with E-state index in [9.17, 15) is 14.9 Å². The standard InChI is InChI=1S/C20H30NO3/c1-2-3-4-5-6-7-8-9-10-11-12-13-14-15-16-17-18-20(19-22)21(23)24/h3-4,6-7,9-10,12-13,20H,2,5,8,11,14-18H2,1H3/b4-3+,7-6+,10-9+,13-12+. The molecule has 0 aromatic rings. The summed E-state index contributed by atoms with van der Waals surface area (Å²) in [6, 6.07) is -1.15. The zero-order chi connectivity index (χ0) is 17.9. The van der Waals surface area contributed by atoms with Crippen molar-refractivity contribution < 1.29 is 9.72 Å². The van der Waals surface area contributed by atoms with Crippen molar-refractivity contribution in [1.29, 1.82) is 0 Å². The second kappa shape index (κ2) is 17.4. The number of nitro groups is 1. The zero-order valence-electron chi connectivity index (χ0n) is 14.7. The van der Waals surface area contributed by atoms with Crippen LogP contribution in [-0.4, -0.2) is 17.3 Å². The van der Waals surface area contributed by atoms with Crippen LogP contribution in [-0.2, 0) is 4.79 Å². The van der Waals surface area contributed by atoms with Gasteiger partial charge in [-0.2, -0.15) is 0 Å². The molecule has 4 heteroatoms. The molecule has 0 heterocycles. The fourth-order valence-electron chi connectivity index (χ4n) is 2.08. The highest BCUT2D eigenvalue weighted by atomic mass is 16.6. The first-order valence-electron chi connectivity index (χ1n) is 8.83. The van der Waals surface area contributed by atoms with Gasteiger partial charge in [-0.3, -0.25) is 14.9 Å². The average Bonchev–Trinajstić information content (AvgIpc) is 2.57. The predicted octanol–water partition coefficient (Wildman–Crippen LogP) is 5.50. The van der Waals surface area contributed by atoms with Gasteiger partial charge >= 0.3 is 0 Å². The number of carbonyl (C=O) groups excluding carboxylic acids is 1. The van der Waals surface area contributed by atoms with E-state index in [-0.39, 0.29) is 0 Å². The third-order valence-corrected chi connectivity index (χ3v) is 3.46. The number of nitrogens with zero attached hydrogens (tertiary/aromatic N) is 1. The molecule has 0 fully saturated rings. The summed E-state index contributed by atoms with van der Waals surface area (Å²) in [6.07, 6.45) is 26.7. The Hall–Kier alpha value is -1.97. The van der Waals surface area contributed by atoms with Crippen molar-refractivity contribution in [3.8, 4) is 0 Å². The summed E-state index contributed by atoms with van der Waals surface area (Å²) in [4.78, 5) is 20.2. The second-order valence-corrected chi connectivity index (χ2v) is 5.56. The quantitative estimate of drug-likeness (QED) is 0.172. The summed E-state index contributed by atoms with van der Waals surface area (Å²) in [5.41, 5.74) is 0. The Bertz CT molecular complexity index is 436. The van der Waals surface area contributed by atoms with E-state index < -0.39 is 11.0 Å². The maximum Gasteiger partial charge on any atom is 0.278 e. The van der Waals surface area contributed by atoms with Gasteiger partial charge in [0.25, 0.3) is 12.3 Å². The van der Waals surface area contributed by atoms with Crippen molar-refractivity contribution in [3.63, 3.8) is 0 Å². The molecule has 0 aliphatic carbocycles. The normalized spacial score (nSPS) is 13.5. The molecule has 133 valence electrons. The van der Waals surface area contributed by atoms with Gasteiger partial charge in [-0.25, -0.2) is 0 Å². The van der Waals surface area contributed by atoms with Crippen molar-refractivity contribution in [2.45, 2.75) is 70.8 Å². The highest BCUT2D eigenvalue weighted by Gasteiger charge is 2.18. The number of rotatable bonds is 15. The minimum Gasteiger partial charge on any atom is -0.283 e. The van der Waals surface area contributed by atoms with Crippen molar-refractivity contribution in [2.24, 2.45) is 0 Å². The third kappa shape index (κ3) is 14.9. The second-order valence-electron chi connectivity index (χ2n) is 5.56. The topological polar surface area (TPSA) is 60.2 Å². The van der Waals surface area contributed by atoms with E-state index in [1.165, 1.54) is 6.29 Å². The van der Waals surface area contributed by atoms with E-state index in [1.807, 2.05) is 0 Å². The maximum absolute atomic E-state index is 10.4. The molecule has 4 nitrogen and oxygen atoms in total. The van der Waals surface area contributed by atoms with E-state index >= 15 is 0 Å². The van der Waals surface area contributed by atoms with Gasteiger partial charge in [0.2, 0.25) is 0 Å². The SMILES string of the molecule is CC/C=C/C/C=C/C/C=C/C/C=C/CCCCCC([C]=O)[N+](=O)[O-]. The lowest BCUT2D eigenvalue weighted by molar-refractivity contribution is -0.503. The van der Waals surface area contributed by atoms with Gasteiger partial charge in [0, 0.05) is 11.3 Å². The summed E-state index contributed by atoms with van der Waals surface area (Å²) in [6.45, 7) is 2.13. The predicted molar refractivity (Wildman–Crippen MR) is 100 cm³/mol. The lowest BCUT2D eigenvalue weighted by Crippen LogP contribution is -2.20. The zero-order valence-corrected chi connectivity index (χ0v) is 14.7. The molecule has 1 unspecified atom stereocenters. The number of allylic oxidation sites excluding steroid dienone is 8. The molecular weight excluding hydrogens is 302 g/mol. The molecule has 0 aliphatic rings. The van der Waals surface area contributed by atoms with Crippen LogP contribution in [0, 0.1) is 10.1 Å². The van der Waals surface area contributed by atoms with Gasteiger partial charge in [0.15, 0.2) is 0 Å². The smallest absolute Gasteiger partial charge is 0.278 e. The fourth-order valence-corrected chi connectivity index (χ4v) is 2.08. The molecule has 0 aromatic heterocycles. The minimum absolute atomic E-state index is 0.296. The molecule has 0 aromatic carbocycles. The highest BCUT2D eigenvalue weighted by Crippen LogP contribution is 2.07. The van der Waals surface area contributed by atoms with Crippen LogP contribution in [0.4, 0.5) is 0 Å². The molecule has 0 saturated heterocycles. The van der Waals surface area contributed by atoms with E-state index in [2.05, 4.69) is 55.5 Å². The van der Waals surface area contributed by atoms with E-state index in [0.717, 1.165) is 44.9 Å². The summed E-state index contributed by atoms with van der Waals surface area (Å²) >= 11 is 0. The molecule has 1 atom stereocenters. The molecule has 0 amide bonds. The molecule has 0 saturated carbocycles. The molecule has 0 rings (SSSR count). The molecule has 0 N–H and O–H groups in total. The Labute approximate surface area is 146 Å². The van der Waals surface area contributed by atoms with Gasteiger partial charge < -0.3 is 0 Å². The Morgan fingerprint density at radius 3 is 1.92 bits per heavy atom. The molecule has 0 bridgehead atoms. The largest absolute Gasteiger partial charge is 0.283 e. The van der Waals surface area contributed by atoms with Gasteiger partial charge in [-0.1, -0.05) is 62.0 Å². The molecular formula is C20H30NO3. The molecule has 1 radical (unpaired) electrons. The third-order valence-electron chi connectivity index (χ3n) is 3.46. The van der Waals surface area contributed by atoms with Crippen LogP contribution < -0.4 is 0 Å². The van der Waals surface area contributed by atoms with Crippen LogP contribution in [0.1, 0.15) is 64.7 Å². The first kappa shape index (κ1) is 22.0. The van der Waals surface area contributed by atoms with Crippen LogP contribution in [0.15, 0.2) is 48.6 Å². The Balaban J connectivity index is 3.49. The van der Waals surface area contributed by atoms with E-state index in [4.69, 9.17) is 0 Å². The van der Waals surface area contributed by atoms with Crippen LogP contribution in [0.3, 0.4) is 0 Å². The summed E-state index contributed by atoms with van der Waals surface area (Å²) < 4.78 is 0. The Morgan fingerprint density at radius 2 is 1.42 bits per heavy atom. The van der Waals surface area contributed by atoms with Crippen LogP contribution in [0.2, 0.25) is 0 Å². The fraction of sp³-hybridized carbons (Fsp3) is 0.550. The van der Waals surface area contributed by atoms with Gasteiger partial charge in [-0.05, 0) is 44.9 Å². The van der Waals surface area contributed by atoms with Crippen molar-refractivity contribution in [2.75, 3.05) is 0 Å². The van der Waals surface area contributed by atoms with Gasteiger partial charge in [0.05, 0.1) is 0 Å². The minimum atomic E-state index is -1.15. The molecule has 0 aliphatic heterocycles. The van der Waals surface area contributed by atoms with Gasteiger partial charge in [-0.15, -0.1) is 0 Å². The molecule has 0 spiro atoms.